The van der Waals surface area contributed by atoms with E-state index in [9.17, 15) is 9.59 Å². The van der Waals surface area contributed by atoms with E-state index in [1.807, 2.05) is 43.3 Å². The van der Waals surface area contributed by atoms with Gasteiger partial charge in [0.2, 0.25) is 5.91 Å². The van der Waals surface area contributed by atoms with E-state index in [1.54, 1.807) is 10.9 Å². The van der Waals surface area contributed by atoms with Crippen LogP contribution in [0.15, 0.2) is 30.6 Å². The number of rotatable bonds is 6. The summed E-state index contributed by atoms with van der Waals surface area (Å²) < 4.78 is 1.78. The van der Waals surface area contributed by atoms with E-state index in [0.29, 0.717) is 25.2 Å². The Labute approximate surface area is 170 Å². The Bertz CT molecular complexity index is 896. The SMILES string of the molecule is CCC(=O)N1CCN(c2ccnc(C(=O)NC3(Cc4ccn(C)n4)CC3)c2)CC1. The molecule has 2 amide bonds. The molecule has 4 rings (SSSR count). The summed E-state index contributed by atoms with van der Waals surface area (Å²) in [6.07, 6.45) is 6.82. The number of nitrogens with one attached hydrogen (secondary N) is 1. The van der Waals surface area contributed by atoms with Crippen LogP contribution < -0.4 is 10.2 Å². The second-order valence-corrected chi connectivity index (χ2v) is 8.01. The lowest BCUT2D eigenvalue weighted by Gasteiger charge is -2.36. The second-order valence-electron chi connectivity index (χ2n) is 8.01. The molecule has 1 saturated carbocycles. The fourth-order valence-corrected chi connectivity index (χ4v) is 3.88. The monoisotopic (exact) mass is 396 g/mol. The van der Waals surface area contributed by atoms with Crippen molar-refractivity contribution < 1.29 is 9.59 Å². The molecule has 1 saturated heterocycles. The summed E-state index contributed by atoms with van der Waals surface area (Å²) in [5.41, 5.74) is 2.20. The highest BCUT2D eigenvalue weighted by molar-refractivity contribution is 5.94. The number of pyridine rings is 1. The average Bonchev–Trinajstić information content (AvgIpc) is 3.37. The van der Waals surface area contributed by atoms with Crippen LogP contribution in [0.1, 0.15) is 42.4 Å². The third-order valence-electron chi connectivity index (χ3n) is 5.80. The van der Waals surface area contributed by atoms with E-state index in [-0.39, 0.29) is 17.4 Å². The molecule has 1 aliphatic carbocycles. The molecular weight excluding hydrogens is 368 g/mol. The van der Waals surface area contributed by atoms with Gasteiger partial charge in [-0.3, -0.25) is 19.3 Å². The van der Waals surface area contributed by atoms with Crippen LogP contribution >= 0.6 is 0 Å². The Morgan fingerprint density at radius 1 is 1.17 bits per heavy atom. The number of nitrogens with zero attached hydrogens (tertiary/aromatic N) is 5. The summed E-state index contributed by atoms with van der Waals surface area (Å²) in [6, 6.07) is 5.77. The number of aromatic nitrogens is 3. The molecule has 1 N–H and O–H groups in total. The number of hydrogen-bond donors (Lipinski definition) is 1. The van der Waals surface area contributed by atoms with Crippen LogP contribution in [0, 0.1) is 0 Å². The summed E-state index contributed by atoms with van der Waals surface area (Å²) in [4.78, 5) is 33.1. The van der Waals surface area contributed by atoms with Crippen LogP contribution in [0.25, 0.3) is 0 Å². The summed E-state index contributed by atoms with van der Waals surface area (Å²) in [7, 11) is 1.90. The van der Waals surface area contributed by atoms with Gasteiger partial charge in [-0.05, 0) is 31.0 Å². The van der Waals surface area contributed by atoms with Crippen LogP contribution in [0.4, 0.5) is 5.69 Å². The van der Waals surface area contributed by atoms with Crippen molar-refractivity contribution >= 4 is 17.5 Å². The Balaban J connectivity index is 1.38. The molecule has 3 heterocycles. The quantitative estimate of drug-likeness (QED) is 0.798. The normalized spacial score (nSPS) is 17.9. The van der Waals surface area contributed by atoms with Crippen molar-refractivity contribution in [3.05, 3.63) is 42.0 Å². The molecule has 2 fully saturated rings. The molecule has 8 nitrogen and oxygen atoms in total. The van der Waals surface area contributed by atoms with E-state index < -0.39 is 0 Å². The molecule has 2 aromatic rings. The topological polar surface area (TPSA) is 83.4 Å². The van der Waals surface area contributed by atoms with Crippen molar-refractivity contribution in [1.82, 2.24) is 25.0 Å². The highest BCUT2D eigenvalue weighted by Crippen LogP contribution is 2.38. The second kappa shape index (κ2) is 7.85. The van der Waals surface area contributed by atoms with Crippen LogP contribution in [-0.4, -0.2) is 63.2 Å². The van der Waals surface area contributed by atoms with Crippen molar-refractivity contribution in [3.8, 4) is 0 Å². The summed E-state index contributed by atoms with van der Waals surface area (Å²) in [5.74, 6) is 0.0576. The number of amides is 2. The average molecular weight is 396 g/mol. The van der Waals surface area contributed by atoms with Crippen LogP contribution in [0.5, 0.6) is 0 Å². The fourth-order valence-electron chi connectivity index (χ4n) is 3.88. The van der Waals surface area contributed by atoms with Crippen molar-refractivity contribution in [3.63, 3.8) is 0 Å². The maximum Gasteiger partial charge on any atom is 0.270 e. The lowest BCUT2D eigenvalue weighted by molar-refractivity contribution is -0.131. The Morgan fingerprint density at radius 3 is 2.55 bits per heavy atom. The fraction of sp³-hybridized carbons (Fsp3) is 0.524. The van der Waals surface area contributed by atoms with Gasteiger partial charge in [-0.1, -0.05) is 6.92 Å². The first-order valence-corrected chi connectivity index (χ1v) is 10.3. The number of piperazine rings is 1. The van der Waals surface area contributed by atoms with Crippen molar-refractivity contribution in [1.29, 1.82) is 0 Å². The van der Waals surface area contributed by atoms with Gasteiger partial charge >= 0.3 is 0 Å². The first-order chi connectivity index (χ1) is 14.0. The lowest BCUT2D eigenvalue weighted by atomic mass is 10.1. The summed E-state index contributed by atoms with van der Waals surface area (Å²) in [5, 5.41) is 7.61. The molecule has 8 heteroatoms. The van der Waals surface area contributed by atoms with Gasteiger partial charge in [-0.2, -0.15) is 5.10 Å². The number of aryl methyl sites for hydroxylation is 1. The minimum Gasteiger partial charge on any atom is -0.368 e. The lowest BCUT2D eigenvalue weighted by Crippen LogP contribution is -2.48. The van der Waals surface area contributed by atoms with Gasteiger partial charge in [0.1, 0.15) is 5.69 Å². The molecule has 0 spiro atoms. The first kappa shape index (κ1) is 19.4. The molecule has 0 bridgehead atoms. The van der Waals surface area contributed by atoms with Gasteiger partial charge < -0.3 is 15.1 Å². The van der Waals surface area contributed by atoms with E-state index >= 15 is 0 Å². The summed E-state index contributed by atoms with van der Waals surface area (Å²) in [6.45, 7) is 4.84. The third-order valence-corrected chi connectivity index (χ3v) is 5.80. The molecule has 154 valence electrons. The van der Waals surface area contributed by atoms with Crippen LogP contribution in [0.2, 0.25) is 0 Å². The minimum atomic E-state index is -0.199. The Kier molecular flexibility index (Phi) is 5.25. The molecule has 2 aromatic heterocycles. The molecule has 1 aliphatic heterocycles. The smallest absolute Gasteiger partial charge is 0.270 e. The van der Waals surface area contributed by atoms with Gasteiger partial charge in [0.15, 0.2) is 0 Å². The maximum atomic E-state index is 12.8. The third kappa shape index (κ3) is 4.41. The predicted molar refractivity (Wildman–Crippen MR) is 110 cm³/mol. The number of anilines is 1. The van der Waals surface area contributed by atoms with E-state index in [4.69, 9.17) is 0 Å². The molecular formula is C21H28N6O2. The van der Waals surface area contributed by atoms with Gasteiger partial charge in [-0.25, -0.2) is 0 Å². The predicted octanol–water partition coefficient (Wildman–Crippen LogP) is 1.38. The molecule has 0 aromatic carbocycles. The van der Waals surface area contributed by atoms with Gasteiger partial charge in [0.25, 0.3) is 5.91 Å². The largest absolute Gasteiger partial charge is 0.368 e. The Morgan fingerprint density at radius 2 is 1.93 bits per heavy atom. The minimum absolute atomic E-state index is 0.139. The number of hydrogen-bond acceptors (Lipinski definition) is 5. The molecule has 29 heavy (non-hydrogen) atoms. The highest BCUT2D eigenvalue weighted by Gasteiger charge is 2.44. The van der Waals surface area contributed by atoms with Crippen LogP contribution in [0.3, 0.4) is 0 Å². The zero-order chi connectivity index (χ0) is 20.4. The van der Waals surface area contributed by atoms with Crippen molar-refractivity contribution in [2.45, 2.75) is 38.1 Å². The van der Waals surface area contributed by atoms with E-state index in [2.05, 4.69) is 20.3 Å². The zero-order valence-corrected chi connectivity index (χ0v) is 17.1. The Hall–Kier alpha value is -2.90. The van der Waals surface area contributed by atoms with E-state index in [1.165, 1.54) is 0 Å². The zero-order valence-electron chi connectivity index (χ0n) is 17.1. The number of carbonyl (C=O) groups is 2. The maximum absolute atomic E-state index is 12.8. The highest BCUT2D eigenvalue weighted by atomic mass is 16.2. The number of carbonyl (C=O) groups excluding carboxylic acids is 2. The molecule has 0 unspecified atom stereocenters. The summed E-state index contributed by atoms with van der Waals surface area (Å²) >= 11 is 0. The van der Waals surface area contributed by atoms with Crippen molar-refractivity contribution in [2.75, 3.05) is 31.1 Å². The van der Waals surface area contributed by atoms with Crippen molar-refractivity contribution in [2.24, 2.45) is 7.05 Å². The molecule has 0 radical (unpaired) electrons. The first-order valence-electron chi connectivity index (χ1n) is 10.3. The van der Waals surface area contributed by atoms with Gasteiger partial charge in [0.05, 0.1) is 5.69 Å². The molecule has 2 aliphatic rings. The standard InChI is InChI=1S/C21H28N6O2/c1-3-19(28)27-12-10-26(11-13-27)17-4-8-22-18(14-17)20(29)23-21(6-7-21)15-16-5-9-25(2)24-16/h4-5,8-9,14H,3,6-7,10-13,15H2,1-2H3,(H,23,29). The van der Waals surface area contributed by atoms with Crippen LogP contribution in [-0.2, 0) is 18.3 Å². The van der Waals surface area contributed by atoms with Gasteiger partial charge in [-0.15, -0.1) is 0 Å². The van der Waals surface area contributed by atoms with Gasteiger partial charge in [0, 0.05) is 69.7 Å². The van der Waals surface area contributed by atoms with E-state index in [0.717, 1.165) is 43.7 Å². The molecule has 0 atom stereocenters.